The first-order chi connectivity index (χ1) is 21.0. The summed E-state index contributed by atoms with van der Waals surface area (Å²) in [5.41, 5.74) is 4.31. The molecule has 0 aliphatic carbocycles. The lowest BCUT2D eigenvalue weighted by atomic mass is 10.1. The molecular formula is C32H28BrN7O3. The molecule has 1 aliphatic heterocycles. The predicted molar refractivity (Wildman–Crippen MR) is 165 cm³/mol. The second kappa shape index (κ2) is 12.1. The summed E-state index contributed by atoms with van der Waals surface area (Å²) >= 11 is 3.69. The molecule has 216 valence electrons. The lowest BCUT2D eigenvalue weighted by Gasteiger charge is -2.29. The molecule has 0 radical (unpaired) electrons. The highest BCUT2D eigenvalue weighted by Gasteiger charge is 2.28. The van der Waals surface area contributed by atoms with Gasteiger partial charge < -0.3 is 19.3 Å². The van der Waals surface area contributed by atoms with Crippen molar-refractivity contribution in [2.45, 2.75) is 19.5 Å². The van der Waals surface area contributed by atoms with Gasteiger partial charge in [0.1, 0.15) is 21.8 Å². The van der Waals surface area contributed by atoms with E-state index in [4.69, 9.17) is 19.4 Å². The van der Waals surface area contributed by atoms with Gasteiger partial charge in [-0.1, -0.05) is 36.4 Å². The van der Waals surface area contributed by atoms with Crippen LogP contribution in [0.25, 0.3) is 16.9 Å². The minimum absolute atomic E-state index is 0.111. The molecule has 0 N–H and O–H groups in total. The molecule has 1 aliphatic rings. The summed E-state index contributed by atoms with van der Waals surface area (Å²) in [6, 6.07) is 25.2. The van der Waals surface area contributed by atoms with Crippen LogP contribution in [0.3, 0.4) is 0 Å². The summed E-state index contributed by atoms with van der Waals surface area (Å²) in [4.78, 5) is 26.9. The van der Waals surface area contributed by atoms with Gasteiger partial charge in [-0.05, 0) is 69.9 Å². The summed E-state index contributed by atoms with van der Waals surface area (Å²) in [6.07, 6.45) is 0.965. The summed E-state index contributed by atoms with van der Waals surface area (Å²) in [7, 11) is 3.28. The number of nitrogens with zero attached hydrogens (tertiary/aromatic N) is 7. The molecule has 2 aromatic heterocycles. The van der Waals surface area contributed by atoms with Gasteiger partial charge in [-0.2, -0.15) is 10.2 Å². The zero-order chi connectivity index (χ0) is 29.9. The molecule has 1 fully saturated rings. The fourth-order valence-electron chi connectivity index (χ4n) is 4.89. The van der Waals surface area contributed by atoms with E-state index < -0.39 is 0 Å². The fraction of sp³-hybridized carbons (Fsp3) is 0.219. The molecule has 0 spiro atoms. The summed E-state index contributed by atoms with van der Waals surface area (Å²) in [6.45, 7) is 2.35. The van der Waals surface area contributed by atoms with Crippen molar-refractivity contribution in [1.29, 1.82) is 5.26 Å². The Kier molecular flexibility index (Phi) is 7.94. The molecule has 0 atom stereocenters. The maximum Gasteiger partial charge on any atom is 0.293 e. The first-order valence-electron chi connectivity index (χ1n) is 13.7. The van der Waals surface area contributed by atoms with E-state index in [1.54, 1.807) is 35.8 Å². The van der Waals surface area contributed by atoms with E-state index in [1.807, 2.05) is 60.7 Å². The zero-order valence-corrected chi connectivity index (χ0v) is 25.3. The number of halogens is 1. The molecule has 43 heavy (non-hydrogen) atoms. The number of nitriles is 1. The molecular weight excluding hydrogens is 610 g/mol. The minimum Gasteiger partial charge on any atom is -0.497 e. The van der Waals surface area contributed by atoms with Crippen molar-refractivity contribution < 1.29 is 14.3 Å². The Balaban J connectivity index is 1.53. The van der Waals surface area contributed by atoms with Crippen LogP contribution in [-0.4, -0.2) is 57.7 Å². The number of rotatable bonds is 9. The van der Waals surface area contributed by atoms with Crippen LogP contribution < -0.4 is 14.4 Å². The predicted octanol–water partition coefficient (Wildman–Crippen LogP) is 5.50. The van der Waals surface area contributed by atoms with Gasteiger partial charge >= 0.3 is 0 Å². The first-order valence-corrected chi connectivity index (χ1v) is 14.5. The average Bonchev–Trinajstić information content (AvgIpc) is 3.47. The number of fused-ring (bicyclic) bond motifs is 1. The monoisotopic (exact) mass is 637 g/mol. The number of hydrogen-bond donors (Lipinski definition) is 0. The minimum atomic E-state index is -0.210. The quantitative estimate of drug-likeness (QED) is 0.209. The third kappa shape index (κ3) is 5.74. The highest BCUT2D eigenvalue weighted by Crippen LogP contribution is 2.34. The number of carbonyl (C=O) groups is 1. The standard InChI is InChI=1S/C32H28BrN7O3/c1-42-25-11-7-21(8-12-25)19-39(20-22-9-13-26(43-2)14-10-22)30-31-36-29(32(41)38-15-4-16-38)37-40(31)28(33)27(35-30)24-6-3-5-23(17-24)18-34/h3,5-14,17H,4,15-16,19-20H2,1-2H3. The lowest BCUT2D eigenvalue weighted by molar-refractivity contribution is 0.0639. The molecule has 0 unspecified atom stereocenters. The summed E-state index contributed by atoms with van der Waals surface area (Å²) < 4.78 is 12.9. The van der Waals surface area contributed by atoms with Crippen molar-refractivity contribution in [3.8, 4) is 28.8 Å². The van der Waals surface area contributed by atoms with Crippen LogP contribution in [0, 0.1) is 11.3 Å². The Morgan fingerprint density at radius 2 is 1.58 bits per heavy atom. The van der Waals surface area contributed by atoms with Crippen molar-refractivity contribution in [3.05, 3.63) is 99.9 Å². The third-order valence-corrected chi connectivity index (χ3v) is 8.08. The van der Waals surface area contributed by atoms with E-state index >= 15 is 0 Å². The molecule has 6 rings (SSSR count). The van der Waals surface area contributed by atoms with Crippen molar-refractivity contribution >= 4 is 33.3 Å². The van der Waals surface area contributed by atoms with Gasteiger partial charge in [-0.3, -0.25) is 4.79 Å². The number of methoxy groups -OCH3 is 2. The number of aromatic nitrogens is 4. The third-order valence-electron chi connectivity index (χ3n) is 7.37. The van der Waals surface area contributed by atoms with Gasteiger partial charge in [-0.25, -0.2) is 9.50 Å². The van der Waals surface area contributed by atoms with Gasteiger partial charge in [-0.15, -0.1) is 5.10 Å². The van der Waals surface area contributed by atoms with Crippen LogP contribution >= 0.6 is 15.9 Å². The SMILES string of the molecule is COc1ccc(CN(Cc2ccc(OC)cc2)c2nc(-c3cccc(C#N)c3)c(Br)n3nc(C(=O)N4CCC4)nc23)cc1. The summed E-state index contributed by atoms with van der Waals surface area (Å²) in [5, 5.41) is 14.2. The maximum absolute atomic E-state index is 13.2. The van der Waals surface area contributed by atoms with Gasteiger partial charge in [0.05, 0.1) is 25.9 Å². The normalized spacial score (nSPS) is 12.5. The van der Waals surface area contributed by atoms with E-state index in [0.29, 0.717) is 53.5 Å². The Bertz CT molecular complexity index is 1780. The number of ether oxygens (including phenoxy) is 2. The van der Waals surface area contributed by atoms with Gasteiger partial charge in [0.25, 0.3) is 5.91 Å². The molecule has 0 saturated carbocycles. The maximum atomic E-state index is 13.2. The highest BCUT2D eigenvalue weighted by molar-refractivity contribution is 9.10. The topological polar surface area (TPSA) is 109 Å². The number of hydrogen-bond acceptors (Lipinski definition) is 8. The fourth-order valence-corrected chi connectivity index (χ4v) is 5.45. The van der Waals surface area contributed by atoms with Crippen molar-refractivity contribution in [3.63, 3.8) is 0 Å². The lowest BCUT2D eigenvalue weighted by Crippen LogP contribution is -2.42. The van der Waals surface area contributed by atoms with Crippen LogP contribution in [0.5, 0.6) is 11.5 Å². The van der Waals surface area contributed by atoms with E-state index in [1.165, 1.54) is 0 Å². The van der Waals surface area contributed by atoms with Crippen molar-refractivity contribution in [1.82, 2.24) is 24.5 Å². The van der Waals surface area contributed by atoms with Gasteiger partial charge in [0, 0.05) is 31.7 Å². The van der Waals surface area contributed by atoms with Crippen molar-refractivity contribution in [2.24, 2.45) is 0 Å². The molecule has 0 bridgehead atoms. The van der Waals surface area contributed by atoms with Gasteiger partial charge in [0.2, 0.25) is 5.82 Å². The van der Waals surface area contributed by atoms with Crippen LogP contribution in [-0.2, 0) is 13.1 Å². The number of benzene rings is 3. The first kappa shape index (κ1) is 28.2. The smallest absolute Gasteiger partial charge is 0.293 e. The Labute approximate surface area is 257 Å². The number of carbonyl (C=O) groups excluding carboxylic acids is 1. The Hall–Kier alpha value is -4.95. The van der Waals surface area contributed by atoms with Crippen LogP contribution in [0.1, 0.15) is 33.7 Å². The highest BCUT2D eigenvalue weighted by atomic mass is 79.9. The molecule has 1 amide bonds. The number of amides is 1. The Morgan fingerprint density at radius 1 is 0.953 bits per heavy atom. The molecule has 3 aromatic carbocycles. The molecule has 11 heteroatoms. The average molecular weight is 639 g/mol. The second-order valence-electron chi connectivity index (χ2n) is 10.1. The van der Waals surface area contributed by atoms with E-state index in [0.717, 1.165) is 34.6 Å². The molecule has 1 saturated heterocycles. The largest absolute Gasteiger partial charge is 0.497 e. The zero-order valence-electron chi connectivity index (χ0n) is 23.7. The van der Waals surface area contributed by atoms with Crippen LogP contribution in [0.2, 0.25) is 0 Å². The molecule has 5 aromatic rings. The number of likely N-dealkylation sites (tertiary alicyclic amines) is 1. The molecule has 10 nitrogen and oxygen atoms in total. The molecule has 3 heterocycles. The van der Waals surface area contributed by atoms with E-state index in [9.17, 15) is 10.1 Å². The van der Waals surface area contributed by atoms with E-state index in [2.05, 4.69) is 32.0 Å². The van der Waals surface area contributed by atoms with Crippen LogP contribution in [0.4, 0.5) is 5.82 Å². The second-order valence-corrected chi connectivity index (χ2v) is 10.9. The number of anilines is 1. The van der Waals surface area contributed by atoms with E-state index in [-0.39, 0.29) is 11.7 Å². The Morgan fingerprint density at radius 3 is 2.12 bits per heavy atom. The van der Waals surface area contributed by atoms with Crippen molar-refractivity contribution in [2.75, 3.05) is 32.2 Å². The van der Waals surface area contributed by atoms with Gasteiger partial charge in [0.15, 0.2) is 11.5 Å². The van der Waals surface area contributed by atoms with Crippen LogP contribution in [0.15, 0.2) is 77.4 Å². The summed E-state index contributed by atoms with van der Waals surface area (Å²) in [5.74, 6) is 1.97.